The molecule has 0 bridgehead atoms. The third-order valence-electron chi connectivity index (χ3n) is 6.46. The molecule has 2 aromatic carbocycles. The van der Waals surface area contributed by atoms with Gasteiger partial charge in [0.25, 0.3) is 0 Å². The minimum absolute atomic E-state index is 0.0857. The summed E-state index contributed by atoms with van der Waals surface area (Å²) in [6, 6.07) is 5.09. The molecule has 2 aliphatic rings. The molecule has 252 valence electrons. The fourth-order valence-electron chi connectivity index (χ4n) is 4.36. The lowest BCUT2D eigenvalue weighted by Crippen LogP contribution is -2.50. The normalized spacial score (nSPS) is 17.2. The van der Waals surface area contributed by atoms with Crippen molar-refractivity contribution in [2.45, 2.75) is 0 Å². The van der Waals surface area contributed by atoms with Gasteiger partial charge in [-0.3, -0.25) is 13.2 Å². The number of anilines is 2. The minimum Gasteiger partial charge on any atom is -0.754 e. The van der Waals surface area contributed by atoms with E-state index in [1.807, 2.05) is 0 Å². The van der Waals surface area contributed by atoms with Crippen LogP contribution in [0.15, 0.2) is 24.3 Å². The Labute approximate surface area is 287 Å². The highest BCUT2D eigenvalue weighted by Crippen LogP contribution is 2.37. The van der Waals surface area contributed by atoms with E-state index < -0.39 is 64.6 Å². The molecule has 0 aromatic heterocycles. The van der Waals surface area contributed by atoms with Crippen molar-refractivity contribution >= 4 is 98.0 Å². The van der Waals surface area contributed by atoms with E-state index in [1.165, 1.54) is 34.3 Å². The SMILES string of the molecule is O=C(COC(=O)c1c(Cl)ccc(N(N2CCOCC2)S(=O)[O-])c1Cl)COC(=O)c1c(Cl)ccc(N(N2CCOCC2)S(=O)[O-])c1Cl. The molecule has 15 nitrogen and oxygen atoms in total. The van der Waals surface area contributed by atoms with Crippen molar-refractivity contribution in [3.8, 4) is 0 Å². The van der Waals surface area contributed by atoms with Gasteiger partial charge in [-0.05, 0) is 24.3 Å². The summed E-state index contributed by atoms with van der Waals surface area (Å²) in [4.78, 5) is 38.3. The van der Waals surface area contributed by atoms with Crippen LogP contribution >= 0.6 is 46.4 Å². The highest BCUT2D eigenvalue weighted by atomic mass is 35.5. The third kappa shape index (κ3) is 8.66. The third-order valence-corrected chi connectivity index (χ3v) is 9.28. The molecule has 2 heterocycles. The lowest BCUT2D eigenvalue weighted by Gasteiger charge is -2.39. The number of halogens is 4. The first-order valence-electron chi connectivity index (χ1n) is 13.2. The van der Waals surface area contributed by atoms with Gasteiger partial charge in [0.15, 0.2) is 13.2 Å². The van der Waals surface area contributed by atoms with Gasteiger partial charge in [-0.1, -0.05) is 46.4 Å². The maximum atomic E-state index is 12.9. The Morgan fingerprint density at radius 3 is 1.37 bits per heavy atom. The van der Waals surface area contributed by atoms with Gasteiger partial charge in [0.05, 0.1) is 91.6 Å². The first kappa shape index (κ1) is 36.7. The monoisotopic (exact) mass is 760 g/mol. The van der Waals surface area contributed by atoms with E-state index in [9.17, 15) is 31.9 Å². The Balaban J connectivity index is 1.42. The maximum absolute atomic E-state index is 12.9. The summed E-state index contributed by atoms with van der Waals surface area (Å²) in [5.74, 6) is -3.18. The van der Waals surface area contributed by atoms with Gasteiger partial charge in [-0.25, -0.2) is 28.4 Å². The molecule has 0 aliphatic carbocycles. The second-order valence-corrected chi connectivity index (χ2v) is 12.4. The van der Waals surface area contributed by atoms with Crippen LogP contribution in [0.4, 0.5) is 11.4 Å². The van der Waals surface area contributed by atoms with Crippen LogP contribution in [0.1, 0.15) is 20.7 Å². The van der Waals surface area contributed by atoms with Crippen molar-refractivity contribution in [3.05, 3.63) is 55.5 Å². The molecule has 4 rings (SSSR count). The summed E-state index contributed by atoms with van der Waals surface area (Å²) < 4.78 is 70.5. The molecule has 0 spiro atoms. The van der Waals surface area contributed by atoms with Gasteiger partial charge >= 0.3 is 11.9 Å². The number of rotatable bonds is 12. The van der Waals surface area contributed by atoms with Crippen LogP contribution in [0.5, 0.6) is 0 Å². The lowest BCUT2D eigenvalue weighted by atomic mass is 10.2. The number of morpholine rings is 2. The lowest BCUT2D eigenvalue weighted by molar-refractivity contribution is -0.125. The number of nitrogens with zero attached hydrogens (tertiary/aromatic N) is 4. The largest absolute Gasteiger partial charge is 0.754 e. The van der Waals surface area contributed by atoms with Gasteiger partial charge in [-0.2, -0.15) is 0 Å². The number of benzene rings is 2. The van der Waals surface area contributed by atoms with Gasteiger partial charge in [0, 0.05) is 26.2 Å². The maximum Gasteiger partial charge on any atom is 0.341 e. The quantitative estimate of drug-likeness (QED) is 0.228. The molecule has 0 saturated carbocycles. The van der Waals surface area contributed by atoms with E-state index in [0.29, 0.717) is 0 Å². The summed E-state index contributed by atoms with van der Waals surface area (Å²) in [5.41, 5.74) is -0.967. The van der Waals surface area contributed by atoms with E-state index >= 15 is 0 Å². The number of ether oxygens (including phenoxy) is 4. The van der Waals surface area contributed by atoms with Crippen LogP contribution in [-0.2, 0) is 46.3 Å². The van der Waals surface area contributed by atoms with Crippen LogP contribution in [-0.4, -0.2) is 111 Å². The predicted molar refractivity (Wildman–Crippen MR) is 166 cm³/mol. The van der Waals surface area contributed by atoms with Crippen molar-refractivity contribution < 1.29 is 50.9 Å². The minimum atomic E-state index is -2.82. The molecule has 2 aliphatic heterocycles. The summed E-state index contributed by atoms with van der Waals surface area (Å²) in [6.07, 6.45) is 0. The fraction of sp³-hybridized carbons (Fsp3) is 0.400. The smallest absolute Gasteiger partial charge is 0.341 e. The first-order valence-corrected chi connectivity index (χ1v) is 16.8. The van der Waals surface area contributed by atoms with E-state index in [2.05, 4.69) is 0 Å². The van der Waals surface area contributed by atoms with Crippen LogP contribution in [0.3, 0.4) is 0 Å². The summed E-state index contributed by atoms with van der Waals surface area (Å²) in [6.45, 7) is 0.190. The zero-order valence-corrected chi connectivity index (χ0v) is 28.1. The number of carbonyl (C=O) groups excluding carboxylic acids is 3. The predicted octanol–water partition coefficient (Wildman–Crippen LogP) is 2.58. The number of hydrogen-bond acceptors (Lipinski definition) is 13. The standard InChI is InChI=1S/C25H26Cl4N4O11S2/c26-16-1-3-18(32(45(37)38)30-5-9-41-10-6-30)22(28)20(16)24(35)43-13-15(34)14-44-25(36)21-17(27)2-4-19(23(21)29)33(46(39)40)31-7-11-42-12-8-31/h1-4H,5-14H2,(H,37,38)(H,39,40)/p-2. The van der Waals surface area contributed by atoms with Crippen molar-refractivity contribution in [1.29, 1.82) is 0 Å². The van der Waals surface area contributed by atoms with Crippen LogP contribution in [0, 0.1) is 0 Å². The van der Waals surface area contributed by atoms with Crippen molar-refractivity contribution in [2.75, 3.05) is 74.6 Å². The topological polar surface area (TPSA) is 181 Å². The highest BCUT2D eigenvalue weighted by molar-refractivity contribution is 7.80. The van der Waals surface area contributed by atoms with Crippen LogP contribution in [0.2, 0.25) is 20.1 Å². The Morgan fingerprint density at radius 1 is 0.696 bits per heavy atom. The van der Waals surface area contributed by atoms with Gasteiger partial charge in [0.2, 0.25) is 5.78 Å². The molecular weight excluding hydrogens is 738 g/mol. The Morgan fingerprint density at radius 2 is 1.04 bits per heavy atom. The molecule has 2 unspecified atom stereocenters. The number of hydrogen-bond donors (Lipinski definition) is 0. The average Bonchev–Trinajstić information content (AvgIpc) is 3.02. The summed E-state index contributed by atoms with van der Waals surface area (Å²) >= 11 is 19.5. The second kappa shape index (κ2) is 16.8. The molecular formula is C25H24Cl4N4O11S2-2. The van der Waals surface area contributed by atoms with Crippen LogP contribution in [0.25, 0.3) is 0 Å². The van der Waals surface area contributed by atoms with Gasteiger partial charge in [0.1, 0.15) is 0 Å². The number of esters is 2. The molecule has 2 fully saturated rings. The molecule has 0 radical (unpaired) electrons. The zero-order chi connectivity index (χ0) is 33.5. The van der Waals surface area contributed by atoms with Crippen molar-refractivity contribution in [2.24, 2.45) is 0 Å². The van der Waals surface area contributed by atoms with E-state index in [4.69, 9.17) is 65.4 Å². The molecule has 21 heteroatoms. The number of ketones is 1. The average molecular weight is 762 g/mol. The first-order chi connectivity index (χ1) is 21.9. The Bertz CT molecular complexity index is 1420. The van der Waals surface area contributed by atoms with E-state index in [0.717, 1.165) is 8.83 Å². The molecule has 0 N–H and O–H groups in total. The number of hydrazine groups is 2. The van der Waals surface area contributed by atoms with Crippen molar-refractivity contribution in [1.82, 2.24) is 10.0 Å². The fourth-order valence-corrected chi connectivity index (χ4v) is 6.99. The number of Topliss-reactive ketones (excluding diaryl/α,β-unsaturated/α-hetero) is 1. The highest BCUT2D eigenvalue weighted by Gasteiger charge is 2.29. The molecule has 0 amide bonds. The molecule has 46 heavy (non-hydrogen) atoms. The van der Waals surface area contributed by atoms with Gasteiger partial charge in [-0.15, -0.1) is 0 Å². The molecule has 2 atom stereocenters. The molecule has 2 aromatic rings. The van der Waals surface area contributed by atoms with E-state index in [-0.39, 0.29) is 84.1 Å². The Hall–Kier alpha value is -2.13. The summed E-state index contributed by atoms with van der Waals surface area (Å²) in [5, 5.41) is 1.85. The second-order valence-electron chi connectivity index (χ2n) is 9.31. The van der Waals surface area contributed by atoms with Crippen molar-refractivity contribution in [3.63, 3.8) is 0 Å². The number of carbonyl (C=O) groups is 3. The zero-order valence-electron chi connectivity index (χ0n) is 23.5. The summed E-state index contributed by atoms with van der Waals surface area (Å²) in [7, 11) is 0. The Kier molecular flexibility index (Phi) is 13.4. The molecule has 2 saturated heterocycles. The van der Waals surface area contributed by atoms with E-state index in [1.54, 1.807) is 0 Å². The van der Waals surface area contributed by atoms with Gasteiger partial charge < -0.3 is 28.1 Å². The van der Waals surface area contributed by atoms with Crippen LogP contribution < -0.4 is 8.83 Å².